The Balaban J connectivity index is 1.95. The van der Waals surface area contributed by atoms with Crippen molar-refractivity contribution in [2.75, 3.05) is 19.5 Å². The van der Waals surface area contributed by atoms with E-state index in [9.17, 15) is 4.79 Å². The number of benzene rings is 1. The van der Waals surface area contributed by atoms with Gasteiger partial charge in [-0.2, -0.15) is 0 Å². The normalized spacial score (nSPS) is 15.4. The summed E-state index contributed by atoms with van der Waals surface area (Å²) in [6.07, 6.45) is 10.0. The SMILES string of the molecule is COc1cc(NC(=O)N/C=C/C2CCCCC2)c(OC)cc1Cl. The van der Waals surface area contributed by atoms with Crippen LogP contribution in [0, 0.1) is 5.92 Å². The largest absolute Gasteiger partial charge is 0.495 e. The molecule has 0 unspecified atom stereocenters. The lowest BCUT2D eigenvalue weighted by Gasteiger charge is -2.17. The van der Waals surface area contributed by atoms with Gasteiger partial charge in [0, 0.05) is 18.3 Å². The molecule has 0 saturated heterocycles. The molecule has 126 valence electrons. The molecule has 0 radical (unpaired) electrons. The molecule has 0 aromatic heterocycles. The monoisotopic (exact) mass is 338 g/mol. The van der Waals surface area contributed by atoms with Crippen molar-refractivity contribution < 1.29 is 14.3 Å². The van der Waals surface area contributed by atoms with Crippen LogP contribution >= 0.6 is 11.6 Å². The molecule has 0 aliphatic heterocycles. The van der Waals surface area contributed by atoms with Crippen LogP contribution in [0.2, 0.25) is 5.02 Å². The van der Waals surface area contributed by atoms with Gasteiger partial charge in [0.15, 0.2) is 0 Å². The Kier molecular flexibility index (Phi) is 6.59. The standard InChI is InChI=1S/C17H23ClN2O3/c1-22-15-11-14(16(23-2)10-13(15)18)20-17(21)19-9-8-12-6-4-3-5-7-12/h8-12H,3-7H2,1-2H3,(H2,19,20,21)/b9-8+. The zero-order chi connectivity index (χ0) is 16.7. The van der Waals surface area contributed by atoms with Crippen molar-refractivity contribution in [3.05, 3.63) is 29.4 Å². The van der Waals surface area contributed by atoms with E-state index in [1.807, 2.05) is 0 Å². The minimum absolute atomic E-state index is 0.334. The van der Waals surface area contributed by atoms with Gasteiger partial charge < -0.3 is 20.1 Å². The summed E-state index contributed by atoms with van der Waals surface area (Å²) in [4.78, 5) is 12.0. The topological polar surface area (TPSA) is 59.6 Å². The van der Waals surface area contributed by atoms with Crippen LogP contribution in [-0.4, -0.2) is 20.3 Å². The van der Waals surface area contributed by atoms with E-state index in [-0.39, 0.29) is 6.03 Å². The van der Waals surface area contributed by atoms with Crippen molar-refractivity contribution in [1.29, 1.82) is 0 Å². The molecule has 1 aliphatic rings. The zero-order valence-corrected chi connectivity index (χ0v) is 14.3. The van der Waals surface area contributed by atoms with Gasteiger partial charge >= 0.3 is 6.03 Å². The van der Waals surface area contributed by atoms with Crippen LogP contribution in [-0.2, 0) is 0 Å². The number of rotatable bonds is 5. The fourth-order valence-electron chi connectivity index (χ4n) is 2.70. The Labute approximate surface area is 142 Å². The number of carbonyl (C=O) groups is 1. The molecule has 0 atom stereocenters. The smallest absolute Gasteiger partial charge is 0.323 e. The molecule has 2 amide bonds. The molecular formula is C17H23ClN2O3. The van der Waals surface area contributed by atoms with Crippen molar-refractivity contribution in [1.82, 2.24) is 5.32 Å². The molecule has 1 saturated carbocycles. The van der Waals surface area contributed by atoms with Gasteiger partial charge in [-0.25, -0.2) is 4.79 Å². The highest BCUT2D eigenvalue weighted by Gasteiger charge is 2.12. The second-order valence-corrected chi connectivity index (χ2v) is 5.95. The van der Waals surface area contributed by atoms with Crippen LogP contribution in [0.4, 0.5) is 10.5 Å². The van der Waals surface area contributed by atoms with E-state index < -0.39 is 0 Å². The van der Waals surface area contributed by atoms with Crippen LogP contribution in [0.25, 0.3) is 0 Å². The second kappa shape index (κ2) is 8.67. The third kappa shape index (κ3) is 5.06. The molecule has 2 rings (SSSR count). The fourth-order valence-corrected chi connectivity index (χ4v) is 2.93. The van der Waals surface area contributed by atoms with Crippen molar-refractivity contribution >= 4 is 23.3 Å². The number of hydrogen-bond donors (Lipinski definition) is 2. The molecule has 6 heteroatoms. The highest BCUT2D eigenvalue weighted by molar-refractivity contribution is 6.32. The minimum Gasteiger partial charge on any atom is -0.495 e. The van der Waals surface area contributed by atoms with Gasteiger partial charge in [-0.15, -0.1) is 0 Å². The number of ether oxygens (including phenoxy) is 2. The van der Waals surface area contributed by atoms with Gasteiger partial charge in [-0.1, -0.05) is 36.9 Å². The maximum atomic E-state index is 12.0. The van der Waals surface area contributed by atoms with Gasteiger partial charge in [0.1, 0.15) is 11.5 Å². The van der Waals surface area contributed by atoms with E-state index in [0.29, 0.717) is 28.1 Å². The molecular weight excluding hydrogens is 316 g/mol. The molecule has 23 heavy (non-hydrogen) atoms. The summed E-state index contributed by atoms with van der Waals surface area (Å²) >= 11 is 6.04. The molecule has 1 aromatic carbocycles. The number of halogens is 1. The number of methoxy groups -OCH3 is 2. The predicted octanol–water partition coefficient (Wildman–Crippen LogP) is 4.57. The first-order chi connectivity index (χ1) is 11.1. The maximum Gasteiger partial charge on any atom is 0.323 e. The highest BCUT2D eigenvalue weighted by atomic mass is 35.5. The first-order valence-corrected chi connectivity index (χ1v) is 8.17. The Morgan fingerprint density at radius 2 is 1.87 bits per heavy atom. The Hall–Kier alpha value is -1.88. The summed E-state index contributed by atoms with van der Waals surface area (Å²) in [6, 6.07) is 2.90. The molecule has 1 fully saturated rings. The number of allylic oxidation sites excluding steroid dienone is 1. The molecule has 0 bridgehead atoms. The fraction of sp³-hybridized carbons (Fsp3) is 0.471. The van der Waals surface area contributed by atoms with Gasteiger partial charge in [0.25, 0.3) is 0 Å². The second-order valence-electron chi connectivity index (χ2n) is 5.54. The van der Waals surface area contributed by atoms with Gasteiger partial charge in [-0.05, 0) is 18.8 Å². The van der Waals surface area contributed by atoms with Crippen LogP contribution < -0.4 is 20.1 Å². The zero-order valence-electron chi connectivity index (χ0n) is 13.5. The lowest BCUT2D eigenvalue weighted by molar-refractivity contribution is 0.255. The highest BCUT2D eigenvalue weighted by Crippen LogP contribution is 2.35. The molecule has 2 N–H and O–H groups in total. The Morgan fingerprint density at radius 3 is 2.52 bits per heavy atom. The number of anilines is 1. The Morgan fingerprint density at radius 1 is 1.17 bits per heavy atom. The minimum atomic E-state index is -0.334. The number of carbonyl (C=O) groups excluding carboxylic acids is 1. The third-order valence-electron chi connectivity index (χ3n) is 3.95. The quantitative estimate of drug-likeness (QED) is 0.826. The lowest BCUT2D eigenvalue weighted by Crippen LogP contribution is -2.24. The third-order valence-corrected chi connectivity index (χ3v) is 4.25. The van der Waals surface area contributed by atoms with E-state index in [0.717, 1.165) is 0 Å². The van der Waals surface area contributed by atoms with Crippen molar-refractivity contribution in [3.8, 4) is 11.5 Å². The van der Waals surface area contributed by atoms with E-state index in [2.05, 4.69) is 16.7 Å². The molecule has 0 heterocycles. The number of nitrogens with one attached hydrogen (secondary N) is 2. The first-order valence-electron chi connectivity index (χ1n) is 7.79. The summed E-state index contributed by atoms with van der Waals surface area (Å²) in [5, 5.41) is 5.88. The summed E-state index contributed by atoms with van der Waals surface area (Å²) in [6.45, 7) is 0. The van der Waals surface area contributed by atoms with E-state index >= 15 is 0 Å². The summed E-state index contributed by atoms with van der Waals surface area (Å²) < 4.78 is 10.4. The van der Waals surface area contributed by atoms with Gasteiger partial charge in [-0.3, -0.25) is 0 Å². The van der Waals surface area contributed by atoms with Crippen LogP contribution in [0.5, 0.6) is 11.5 Å². The predicted molar refractivity (Wildman–Crippen MR) is 92.4 cm³/mol. The first kappa shape index (κ1) is 17.5. The van der Waals surface area contributed by atoms with Gasteiger partial charge in [0.05, 0.1) is 24.9 Å². The average molecular weight is 339 g/mol. The summed E-state index contributed by atoms with van der Waals surface area (Å²) in [5.41, 5.74) is 0.498. The van der Waals surface area contributed by atoms with E-state index in [1.54, 1.807) is 18.3 Å². The summed E-state index contributed by atoms with van der Waals surface area (Å²) in [7, 11) is 3.04. The van der Waals surface area contributed by atoms with Crippen molar-refractivity contribution in [2.45, 2.75) is 32.1 Å². The summed E-state index contributed by atoms with van der Waals surface area (Å²) in [5.74, 6) is 1.51. The van der Waals surface area contributed by atoms with Crippen molar-refractivity contribution in [2.24, 2.45) is 5.92 Å². The number of hydrogen-bond acceptors (Lipinski definition) is 3. The van der Waals surface area contributed by atoms with Crippen LogP contribution in [0.15, 0.2) is 24.4 Å². The Bertz CT molecular complexity index is 569. The molecule has 0 spiro atoms. The van der Waals surface area contributed by atoms with E-state index in [4.69, 9.17) is 21.1 Å². The maximum absolute atomic E-state index is 12.0. The van der Waals surface area contributed by atoms with E-state index in [1.165, 1.54) is 46.3 Å². The lowest BCUT2D eigenvalue weighted by atomic mass is 9.89. The van der Waals surface area contributed by atoms with Gasteiger partial charge in [0.2, 0.25) is 0 Å². The number of urea groups is 1. The molecule has 1 aliphatic carbocycles. The molecule has 5 nitrogen and oxygen atoms in total. The number of amides is 2. The molecule has 1 aromatic rings. The van der Waals surface area contributed by atoms with Crippen LogP contribution in [0.1, 0.15) is 32.1 Å². The average Bonchev–Trinajstić information content (AvgIpc) is 2.57. The van der Waals surface area contributed by atoms with Crippen molar-refractivity contribution in [3.63, 3.8) is 0 Å². The van der Waals surface area contributed by atoms with Crippen LogP contribution in [0.3, 0.4) is 0 Å².